The number of para-hydroxylation sites is 2. The van der Waals surface area contributed by atoms with Crippen LogP contribution in [0.3, 0.4) is 0 Å². The summed E-state index contributed by atoms with van der Waals surface area (Å²) >= 11 is 12.0. The van der Waals surface area contributed by atoms with E-state index in [2.05, 4.69) is 10.0 Å². The average Bonchev–Trinajstić information content (AvgIpc) is 3.16. The Morgan fingerprint density at radius 2 is 1.82 bits per heavy atom. The molecule has 0 aromatic heterocycles. The van der Waals surface area contributed by atoms with Gasteiger partial charge in [0.1, 0.15) is 15.8 Å². The number of phenols is 1. The third-order valence-corrected chi connectivity index (χ3v) is 7.10. The summed E-state index contributed by atoms with van der Waals surface area (Å²) in [4.78, 5) is 12.3. The molecule has 150 valence electrons. The van der Waals surface area contributed by atoms with Crippen molar-refractivity contribution in [2.75, 3.05) is 17.1 Å². The van der Waals surface area contributed by atoms with E-state index in [1.807, 2.05) is 0 Å². The maximum Gasteiger partial charge on any atom is 0.262 e. The quantitative estimate of drug-likeness (QED) is 0.464. The summed E-state index contributed by atoms with van der Waals surface area (Å²) in [6, 6.07) is 10.1. The predicted octanol–water partition coefficient (Wildman–Crippen LogP) is 3.72. The van der Waals surface area contributed by atoms with Crippen LogP contribution < -0.4 is 14.8 Å². The first-order valence-corrected chi connectivity index (χ1v) is 10.4. The number of ether oxygens (including phenoxy) is 1. The van der Waals surface area contributed by atoms with E-state index >= 15 is 0 Å². The second-order valence-corrected chi connectivity index (χ2v) is 9.82. The lowest BCUT2D eigenvalue weighted by Gasteiger charge is -2.15. The molecule has 7 nitrogen and oxygen atoms in total. The average molecular weight is 445 g/mol. The molecule has 0 radical (unpaired) electrons. The van der Waals surface area contributed by atoms with Crippen LogP contribution in [0.2, 0.25) is 0 Å². The molecule has 1 unspecified atom stereocenters. The van der Waals surface area contributed by atoms with Crippen LogP contribution >= 0.6 is 23.2 Å². The number of halogens is 2. The van der Waals surface area contributed by atoms with Crippen LogP contribution in [0.5, 0.6) is 11.5 Å². The van der Waals surface area contributed by atoms with E-state index in [0.717, 1.165) is 6.07 Å². The Morgan fingerprint density at radius 3 is 2.43 bits per heavy atom. The maximum absolute atomic E-state index is 12.7. The third kappa shape index (κ3) is 3.72. The molecule has 0 saturated heterocycles. The zero-order chi connectivity index (χ0) is 20.7. The van der Waals surface area contributed by atoms with Crippen LogP contribution in [0, 0.1) is 5.41 Å². The number of anilines is 2. The molecular formula is C18H18Cl2N2O5S. The highest BCUT2D eigenvalue weighted by Crippen LogP contribution is 2.64. The third-order valence-electron chi connectivity index (χ3n) is 4.64. The highest BCUT2D eigenvalue weighted by Gasteiger charge is 2.68. The van der Waals surface area contributed by atoms with Gasteiger partial charge in [-0.2, -0.15) is 0 Å². The van der Waals surface area contributed by atoms with E-state index in [9.17, 15) is 18.3 Å². The fraction of sp³-hybridized carbons (Fsp3) is 0.278. The summed E-state index contributed by atoms with van der Waals surface area (Å²) < 4.78 is 31.8. The Morgan fingerprint density at radius 1 is 1.18 bits per heavy atom. The molecule has 2 aromatic rings. The lowest BCUT2D eigenvalue weighted by Crippen LogP contribution is -2.26. The minimum absolute atomic E-state index is 0.0647. The molecular weight excluding hydrogens is 427 g/mol. The largest absolute Gasteiger partial charge is 0.506 e. The molecule has 3 N–H and O–H groups in total. The van der Waals surface area contributed by atoms with Gasteiger partial charge in [0.25, 0.3) is 10.0 Å². The van der Waals surface area contributed by atoms with Gasteiger partial charge < -0.3 is 15.2 Å². The van der Waals surface area contributed by atoms with Crippen LogP contribution in [0.15, 0.2) is 47.4 Å². The number of amides is 1. The van der Waals surface area contributed by atoms with Crippen LogP contribution in [0.4, 0.5) is 11.4 Å². The highest BCUT2D eigenvalue weighted by atomic mass is 35.5. The number of carbonyl (C=O) groups is 1. The Bertz CT molecular complexity index is 1040. The van der Waals surface area contributed by atoms with Crippen LogP contribution in [0.1, 0.15) is 13.3 Å². The summed E-state index contributed by atoms with van der Waals surface area (Å²) in [7, 11) is -2.58. The highest BCUT2D eigenvalue weighted by molar-refractivity contribution is 7.92. The monoisotopic (exact) mass is 444 g/mol. The SMILES string of the molecule is COc1ccccc1NS(=O)(=O)c1ccc(O)c(NC(=O)C2(C)CC2(Cl)Cl)c1. The van der Waals surface area contributed by atoms with Gasteiger partial charge in [-0.1, -0.05) is 12.1 Å². The molecule has 1 saturated carbocycles. The predicted molar refractivity (Wildman–Crippen MR) is 108 cm³/mol. The number of sulfonamides is 1. The van der Waals surface area contributed by atoms with E-state index in [4.69, 9.17) is 27.9 Å². The molecule has 3 rings (SSSR count). The lowest BCUT2D eigenvalue weighted by atomic mass is 10.1. The van der Waals surface area contributed by atoms with Crippen molar-refractivity contribution in [3.05, 3.63) is 42.5 Å². The number of nitrogens with one attached hydrogen (secondary N) is 2. The molecule has 1 aliphatic carbocycles. The fourth-order valence-corrected chi connectivity index (χ4v) is 4.42. The number of phenolic OH excluding ortho intramolecular Hbond substituents is 1. The standard InChI is InChI=1S/C18H18Cl2N2O5S/c1-17(10-18(17,19)20)16(24)21-13-9-11(7-8-14(13)23)28(25,26)22-12-5-3-4-6-15(12)27-2/h3-9,22-23H,10H2,1-2H3,(H,21,24). The van der Waals surface area contributed by atoms with Crippen molar-refractivity contribution < 1.29 is 23.1 Å². The van der Waals surface area contributed by atoms with Gasteiger partial charge in [0.15, 0.2) is 0 Å². The van der Waals surface area contributed by atoms with Gasteiger partial charge in [-0.25, -0.2) is 8.42 Å². The lowest BCUT2D eigenvalue weighted by molar-refractivity contribution is -0.120. The molecule has 10 heteroatoms. The number of carbonyl (C=O) groups excluding carboxylic acids is 1. The van der Waals surface area contributed by atoms with E-state index in [0.29, 0.717) is 5.75 Å². The van der Waals surface area contributed by atoms with Gasteiger partial charge >= 0.3 is 0 Å². The zero-order valence-corrected chi connectivity index (χ0v) is 17.3. The van der Waals surface area contributed by atoms with E-state index < -0.39 is 25.7 Å². The molecule has 1 atom stereocenters. The van der Waals surface area contributed by atoms with Crippen molar-refractivity contribution in [3.63, 3.8) is 0 Å². The normalized spacial score (nSPS) is 20.3. The summed E-state index contributed by atoms with van der Waals surface area (Å²) in [6.45, 7) is 1.59. The number of hydrogen-bond acceptors (Lipinski definition) is 5. The van der Waals surface area contributed by atoms with Crippen molar-refractivity contribution >= 4 is 50.5 Å². The van der Waals surface area contributed by atoms with Gasteiger partial charge in [-0.15, -0.1) is 23.2 Å². The molecule has 0 heterocycles. The minimum atomic E-state index is -4.01. The summed E-state index contributed by atoms with van der Waals surface area (Å²) in [5.74, 6) is -0.454. The molecule has 1 amide bonds. The number of benzene rings is 2. The smallest absolute Gasteiger partial charge is 0.262 e. The van der Waals surface area contributed by atoms with Gasteiger partial charge in [-0.05, 0) is 43.7 Å². The molecule has 1 fully saturated rings. The molecule has 0 bridgehead atoms. The van der Waals surface area contributed by atoms with Crippen LogP contribution in [-0.2, 0) is 14.8 Å². The summed E-state index contributed by atoms with van der Waals surface area (Å²) in [5.41, 5.74) is -0.832. The number of rotatable bonds is 6. The van der Waals surface area contributed by atoms with Gasteiger partial charge in [0.05, 0.1) is 28.8 Å². The van der Waals surface area contributed by atoms with Crippen molar-refractivity contribution in [1.82, 2.24) is 0 Å². The first kappa shape index (κ1) is 20.6. The number of aromatic hydroxyl groups is 1. The molecule has 0 spiro atoms. The summed E-state index contributed by atoms with van der Waals surface area (Å²) in [5, 5.41) is 12.5. The Hall–Kier alpha value is -2.16. The summed E-state index contributed by atoms with van der Waals surface area (Å²) in [6.07, 6.45) is 0.253. The van der Waals surface area contributed by atoms with Crippen molar-refractivity contribution in [2.24, 2.45) is 5.41 Å². The van der Waals surface area contributed by atoms with Gasteiger partial charge in [-0.3, -0.25) is 9.52 Å². The topological polar surface area (TPSA) is 105 Å². The minimum Gasteiger partial charge on any atom is -0.506 e. The zero-order valence-electron chi connectivity index (χ0n) is 15.0. The van der Waals surface area contributed by atoms with Gasteiger partial charge in [0, 0.05) is 0 Å². The fourth-order valence-electron chi connectivity index (χ4n) is 2.62. The van der Waals surface area contributed by atoms with Crippen molar-refractivity contribution in [3.8, 4) is 11.5 Å². The van der Waals surface area contributed by atoms with E-state index in [1.165, 1.54) is 19.2 Å². The first-order chi connectivity index (χ1) is 13.0. The molecule has 28 heavy (non-hydrogen) atoms. The molecule has 0 aliphatic heterocycles. The van der Waals surface area contributed by atoms with Crippen LogP contribution in [-0.4, -0.2) is 30.9 Å². The van der Waals surface area contributed by atoms with Crippen LogP contribution in [0.25, 0.3) is 0 Å². The number of methoxy groups -OCH3 is 1. The number of hydrogen-bond donors (Lipinski definition) is 3. The molecule has 1 aliphatic rings. The second-order valence-electron chi connectivity index (χ2n) is 6.65. The Kier molecular flexibility index (Phi) is 5.16. The van der Waals surface area contributed by atoms with Gasteiger partial charge in [0.2, 0.25) is 5.91 Å². The van der Waals surface area contributed by atoms with E-state index in [-0.39, 0.29) is 28.4 Å². The molecule has 2 aromatic carbocycles. The number of alkyl halides is 2. The van der Waals surface area contributed by atoms with E-state index in [1.54, 1.807) is 31.2 Å². The maximum atomic E-state index is 12.7. The first-order valence-electron chi connectivity index (χ1n) is 8.18. The second kappa shape index (κ2) is 7.02. The van der Waals surface area contributed by atoms with Crippen molar-refractivity contribution in [2.45, 2.75) is 22.6 Å². The van der Waals surface area contributed by atoms with Crippen molar-refractivity contribution in [1.29, 1.82) is 0 Å². The Labute approximate surface area is 172 Å². The Balaban J connectivity index is 1.87.